The molecule has 0 bridgehead atoms. The minimum absolute atomic E-state index is 0.165. The van der Waals surface area contributed by atoms with Crippen molar-refractivity contribution in [3.05, 3.63) is 125 Å². The third kappa shape index (κ3) is 3.91. The van der Waals surface area contributed by atoms with Crippen molar-refractivity contribution in [2.75, 3.05) is 0 Å². The molecule has 0 aliphatic carbocycles. The number of hydrogen-bond donors (Lipinski definition) is 1. The summed E-state index contributed by atoms with van der Waals surface area (Å²) in [7, 11) is 0. The molecule has 4 aromatic rings. The predicted molar refractivity (Wildman–Crippen MR) is 141 cm³/mol. The number of amides is 1. The van der Waals surface area contributed by atoms with Gasteiger partial charge in [-0.3, -0.25) is 9.69 Å². The van der Waals surface area contributed by atoms with Crippen LogP contribution in [0.25, 0.3) is 11.1 Å². The Kier molecular flexibility index (Phi) is 5.46. The third-order valence-corrected chi connectivity index (χ3v) is 7.04. The Bertz CT molecular complexity index is 1560. The summed E-state index contributed by atoms with van der Waals surface area (Å²) in [4.78, 5) is 20.6. The van der Waals surface area contributed by atoms with E-state index in [0.717, 1.165) is 22.3 Å². The molecule has 1 spiro atoms. The summed E-state index contributed by atoms with van der Waals surface area (Å²) < 4.78 is 6.44. The van der Waals surface area contributed by atoms with Crippen LogP contribution in [0, 0.1) is 11.3 Å². The van der Waals surface area contributed by atoms with Gasteiger partial charge in [-0.25, -0.2) is 4.99 Å². The van der Waals surface area contributed by atoms with E-state index in [1.54, 1.807) is 11.0 Å². The largest absolute Gasteiger partial charge is 0.485 e. The number of benzene rings is 4. The van der Waals surface area contributed by atoms with Gasteiger partial charge in [0.2, 0.25) is 0 Å². The van der Waals surface area contributed by atoms with Crippen LogP contribution in [0.2, 0.25) is 0 Å². The molecule has 2 N–H and O–H groups in total. The number of ether oxygens (including phenoxy) is 1. The summed E-state index contributed by atoms with van der Waals surface area (Å²) in [6, 6.07) is 35.0. The molecule has 2 aliphatic heterocycles. The number of fused-ring (bicyclic) bond motifs is 2. The van der Waals surface area contributed by atoms with Gasteiger partial charge in [-0.05, 0) is 46.5 Å². The van der Waals surface area contributed by atoms with Crippen molar-refractivity contribution in [1.82, 2.24) is 4.90 Å². The summed E-state index contributed by atoms with van der Waals surface area (Å²) in [5, 5.41) is 9.37. The quantitative estimate of drug-likeness (QED) is 0.425. The number of aliphatic imine (C=N–C) groups is 1. The Labute approximate surface area is 215 Å². The molecule has 6 nitrogen and oxygen atoms in total. The number of rotatable bonds is 4. The van der Waals surface area contributed by atoms with Crippen LogP contribution in [-0.4, -0.2) is 16.8 Å². The zero-order valence-corrected chi connectivity index (χ0v) is 20.0. The lowest BCUT2D eigenvalue weighted by molar-refractivity contribution is -0.133. The average Bonchev–Trinajstić information content (AvgIpc) is 3.18. The second-order valence-corrected chi connectivity index (χ2v) is 9.33. The number of carbonyl (C=O) groups is 1. The first kappa shape index (κ1) is 22.6. The minimum atomic E-state index is -1.21. The molecule has 180 valence electrons. The number of nitrogens with two attached hydrogens (primary N) is 1. The molecule has 0 aromatic heterocycles. The maximum absolute atomic E-state index is 14.2. The number of hydrogen-bond acceptors (Lipinski definition) is 5. The van der Waals surface area contributed by atoms with Crippen molar-refractivity contribution in [2.45, 2.75) is 24.6 Å². The normalized spacial score (nSPS) is 20.2. The number of guanidine groups is 1. The van der Waals surface area contributed by atoms with Crippen LogP contribution >= 0.6 is 0 Å². The summed E-state index contributed by atoms with van der Waals surface area (Å²) in [5.74, 6) is 0.638. The monoisotopic (exact) mass is 484 g/mol. The smallest absolute Gasteiger partial charge is 0.262 e. The van der Waals surface area contributed by atoms with E-state index >= 15 is 0 Å². The molecule has 2 heterocycles. The number of carbonyl (C=O) groups excluding carboxylic acids is 1. The molecule has 1 amide bonds. The van der Waals surface area contributed by atoms with Gasteiger partial charge < -0.3 is 10.5 Å². The van der Waals surface area contributed by atoms with Gasteiger partial charge in [-0.1, -0.05) is 78.9 Å². The van der Waals surface area contributed by atoms with E-state index in [2.05, 4.69) is 6.07 Å². The van der Waals surface area contributed by atoms with Crippen LogP contribution in [0.15, 0.2) is 108 Å². The minimum Gasteiger partial charge on any atom is -0.485 e. The fourth-order valence-electron chi connectivity index (χ4n) is 5.19. The zero-order valence-electron chi connectivity index (χ0n) is 20.0. The maximum atomic E-state index is 14.2. The maximum Gasteiger partial charge on any atom is 0.262 e. The second-order valence-electron chi connectivity index (χ2n) is 9.33. The van der Waals surface area contributed by atoms with Crippen molar-refractivity contribution in [3.63, 3.8) is 0 Å². The van der Waals surface area contributed by atoms with E-state index in [0.29, 0.717) is 29.8 Å². The van der Waals surface area contributed by atoms with Gasteiger partial charge in [0.1, 0.15) is 11.9 Å². The van der Waals surface area contributed by atoms with E-state index in [4.69, 9.17) is 15.5 Å². The van der Waals surface area contributed by atoms with Crippen molar-refractivity contribution >= 4 is 11.9 Å². The first-order chi connectivity index (χ1) is 18.1. The van der Waals surface area contributed by atoms with Crippen LogP contribution in [0.1, 0.15) is 34.8 Å². The third-order valence-electron chi connectivity index (χ3n) is 7.04. The topological polar surface area (TPSA) is 91.7 Å². The Morgan fingerprint density at radius 2 is 1.68 bits per heavy atom. The lowest BCUT2D eigenvalue weighted by Gasteiger charge is -2.37. The molecule has 2 atom stereocenters. The molecule has 6 rings (SSSR count). The van der Waals surface area contributed by atoms with E-state index < -0.39 is 5.54 Å². The van der Waals surface area contributed by atoms with Gasteiger partial charge in [0.05, 0.1) is 18.2 Å². The van der Waals surface area contributed by atoms with E-state index in [9.17, 15) is 10.1 Å². The molecular weight excluding hydrogens is 460 g/mol. The highest BCUT2D eigenvalue weighted by molar-refractivity contribution is 6.07. The zero-order chi connectivity index (χ0) is 25.4. The molecule has 0 radical (unpaired) electrons. The van der Waals surface area contributed by atoms with Gasteiger partial charge in [0.25, 0.3) is 5.91 Å². The molecule has 37 heavy (non-hydrogen) atoms. The van der Waals surface area contributed by atoms with Crippen molar-refractivity contribution < 1.29 is 9.53 Å². The van der Waals surface area contributed by atoms with Crippen LogP contribution in [-0.2, 0) is 16.9 Å². The molecule has 2 unspecified atom stereocenters. The molecule has 4 aromatic carbocycles. The molecule has 0 fully saturated rings. The van der Waals surface area contributed by atoms with Gasteiger partial charge >= 0.3 is 0 Å². The average molecular weight is 485 g/mol. The lowest BCUT2D eigenvalue weighted by Crippen LogP contribution is -2.45. The van der Waals surface area contributed by atoms with E-state index in [-0.39, 0.29) is 18.0 Å². The van der Waals surface area contributed by atoms with Crippen molar-refractivity contribution in [1.29, 1.82) is 5.26 Å². The van der Waals surface area contributed by atoms with Gasteiger partial charge in [-0.2, -0.15) is 5.26 Å². The lowest BCUT2D eigenvalue weighted by atomic mass is 9.79. The molecule has 0 saturated carbocycles. The summed E-state index contributed by atoms with van der Waals surface area (Å²) in [5.41, 5.74) is 10.2. The summed E-state index contributed by atoms with van der Waals surface area (Å²) >= 11 is 0. The van der Waals surface area contributed by atoms with Gasteiger partial charge in [0, 0.05) is 12.0 Å². The van der Waals surface area contributed by atoms with E-state index in [1.807, 2.05) is 97.1 Å². The van der Waals surface area contributed by atoms with Crippen LogP contribution in [0.5, 0.6) is 5.75 Å². The molecule has 2 aliphatic rings. The fourth-order valence-corrected chi connectivity index (χ4v) is 5.19. The Hall–Kier alpha value is -4.89. The molecular formula is C31H24N4O2. The first-order valence-corrected chi connectivity index (χ1v) is 12.2. The van der Waals surface area contributed by atoms with Crippen molar-refractivity contribution in [3.8, 4) is 22.9 Å². The van der Waals surface area contributed by atoms with Crippen LogP contribution in [0.4, 0.5) is 0 Å². The number of nitrogens with zero attached hydrogens (tertiary/aromatic N) is 3. The van der Waals surface area contributed by atoms with Crippen molar-refractivity contribution in [2.24, 2.45) is 10.7 Å². The summed E-state index contributed by atoms with van der Waals surface area (Å²) in [6.45, 7) is 0.340. The standard InChI is InChI=1S/C31H24N4O2/c32-19-22-10-7-13-24(16-22)25-14-15-27-26(17-25)31(18-28(37-27)23-11-5-2-6-12-23)29(36)35(30(33)34-31)20-21-8-3-1-4-9-21/h1-17,28H,18,20H2,(H2,33,34). The second kappa shape index (κ2) is 8.96. The predicted octanol–water partition coefficient (Wildman–Crippen LogP) is 5.30. The highest BCUT2D eigenvalue weighted by Gasteiger charge is 2.54. The van der Waals surface area contributed by atoms with E-state index in [1.165, 1.54) is 0 Å². The number of nitriles is 1. The first-order valence-electron chi connectivity index (χ1n) is 12.2. The van der Waals surface area contributed by atoms with Crippen LogP contribution in [0.3, 0.4) is 0 Å². The van der Waals surface area contributed by atoms with Gasteiger partial charge in [-0.15, -0.1) is 0 Å². The fraction of sp³-hybridized carbons (Fsp3) is 0.129. The Morgan fingerprint density at radius 3 is 2.43 bits per heavy atom. The molecule has 0 saturated heterocycles. The SMILES string of the molecule is N#Cc1cccc(-c2ccc3c(c2)C2(CC(c4ccccc4)O3)N=C(N)N(Cc3ccccc3)C2=O)c1. The highest BCUT2D eigenvalue weighted by Crippen LogP contribution is 2.51. The highest BCUT2D eigenvalue weighted by atomic mass is 16.5. The summed E-state index contributed by atoms with van der Waals surface area (Å²) in [6.07, 6.45) is -0.0325. The Balaban J connectivity index is 1.47. The van der Waals surface area contributed by atoms with Gasteiger partial charge in [0.15, 0.2) is 11.5 Å². The molecule has 6 heteroatoms. The Morgan fingerprint density at radius 1 is 0.946 bits per heavy atom. The van der Waals surface area contributed by atoms with Crippen LogP contribution < -0.4 is 10.5 Å².